The van der Waals surface area contributed by atoms with Crippen molar-refractivity contribution in [1.29, 1.82) is 0 Å². The van der Waals surface area contributed by atoms with Crippen LogP contribution in [-0.2, 0) is 0 Å². The third kappa shape index (κ3) is 3.72. The Labute approximate surface area is 129 Å². The van der Waals surface area contributed by atoms with E-state index in [1.165, 1.54) is 57.8 Å². The Hall–Kier alpha value is -1.18. The van der Waals surface area contributed by atoms with Crippen molar-refractivity contribution in [2.45, 2.75) is 70.8 Å². The van der Waals surface area contributed by atoms with Crippen LogP contribution in [0.4, 0.5) is 5.69 Å². The number of aryl methyl sites for hydroxylation is 1. The molecule has 2 saturated carbocycles. The van der Waals surface area contributed by atoms with Crippen molar-refractivity contribution in [3.63, 3.8) is 0 Å². The SMILES string of the molecule is Cc1ccc(OC2CCC(C3CCCCC3)CC2)cc1N. The van der Waals surface area contributed by atoms with Crippen LogP contribution in [0.5, 0.6) is 5.75 Å². The maximum absolute atomic E-state index is 6.15. The molecule has 2 aliphatic rings. The molecule has 0 heterocycles. The molecule has 116 valence electrons. The average molecular weight is 287 g/mol. The first-order valence-corrected chi connectivity index (χ1v) is 8.75. The van der Waals surface area contributed by atoms with Gasteiger partial charge in [0.1, 0.15) is 5.75 Å². The summed E-state index contributed by atoms with van der Waals surface area (Å²) >= 11 is 0. The van der Waals surface area contributed by atoms with Gasteiger partial charge < -0.3 is 10.5 Å². The summed E-state index contributed by atoms with van der Waals surface area (Å²) in [5.41, 5.74) is 7.93. The fourth-order valence-electron chi connectivity index (χ4n) is 4.17. The molecular weight excluding hydrogens is 258 g/mol. The van der Waals surface area contributed by atoms with Crippen LogP contribution in [-0.4, -0.2) is 6.10 Å². The van der Waals surface area contributed by atoms with Crippen molar-refractivity contribution in [3.05, 3.63) is 23.8 Å². The Kier molecular flexibility index (Phi) is 4.72. The quantitative estimate of drug-likeness (QED) is 0.785. The molecule has 21 heavy (non-hydrogen) atoms. The highest BCUT2D eigenvalue weighted by atomic mass is 16.5. The third-order valence-corrected chi connectivity index (χ3v) is 5.59. The lowest BCUT2D eigenvalue weighted by atomic mass is 9.73. The molecule has 1 aromatic rings. The number of anilines is 1. The van der Waals surface area contributed by atoms with Crippen molar-refractivity contribution < 1.29 is 4.74 Å². The Balaban J connectivity index is 1.50. The molecule has 3 rings (SSSR count). The molecule has 1 aromatic carbocycles. The minimum absolute atomic E-state index is 0.395. The third-order valence-electron chi connectivity index (χ3n) is 5.59. The van der Waals surface area contributed by atoms with Gasteiger partial charge in [-0.25, -0.2) is 0 Å². The first-order chi connectivity index (χ1) is 10.2. The zero-order valence-electron chi connectivity index (χ0n) is 13.3. The van der Waals surface area contributed by atoms with Crippen LogP contribution in [0.25, 0.3) is 0 Å². The van der Waals surface area contributed by atoms with E-state index in [2.05, 4.69) is 12.1 Å². The molecule has 0 unspecified atom stereocenters. The molecule has 2 fully saturated rings. The zero-order valence-corrected chi connectivity index (χ0v) is 13.3. The predicted molar refractivity (Wildman–Crippen MR) is 88.5 cm³/mol. The molecule has 0 amide bonds. The van der Waals surface area contributed by atoms with Gasteiger partial charge in [0.05, 0.1) is 6.10 Å². The van der Waals surface area contributed by atoms with Crippen LogP contribution in [0, 0.1) is 18.8 Å². The Morgan fingerprint density at radius 2 is 1.57 bits per heavy atom. The fraction of sp³-hybridized carbons (Fsp3) is 0.684. The van der Waals surface area contributed by atoms with Crippen molar-refractivity contribution in [3.8, 4) is 5.75 Å². The van der Waals surface area contributed by atoms with Crippen LogP contribution < -0.4 is 10.5 Å². The van der Waals surface area contributed by atoms with E-state index in [0.29, 0.717) is 6.10 Å². The summed E-state index contributed by atoms with van der Waals surface area (Å²) in [6, 6.07) is 6.08. The molecule has 0 aliphatic heterocycles. The van der Waals surface area contributed by atoms with Crippen LogP contribution in [0.3, 0.4) is 0 Å². The van der Waals surface area contributed by atoms with Crippen molar-refractivity contribution in [1.82, 2.24) is 0 Å². The molecule has 0 bridgehead atoms. The summed E-state index contributed by atoms with van der Waals surface area (Å²) in [4.78, 5) is 0. The highest BCUT2D eigenvalue weighted by molar-refractivity contribution is 5.50. The minimum Gasteiger partial charge on any atom is -0.490 e. The van der Waals surface area contributed by atoms with Gasteiger partial charge in [-0.15, -0.1) is 0 Å². The second-order valence-corrected chi connectivity index (χ2v) is 7.07. The van der Waals surface area contributed by atoms with E-state index in [9.17, 15) is 0 Å². The lowest BCUT2D eigenvalue weighted by Gasteiger charge is -2.35. The van der Waals surface area contributed by atoms with Crippen LogP contribution in [0.2, 0.25) is 0 Å². The maximum atomic E-state index is 6.15. The summed E-state index contributed by atoms with van der Waals surface area (Å²) in [7, 11) is 0. The highest BCUT2D eigenvalue weighted by Gasteiger charge is 2.29. The van der Waals surface area contributed by atoms with E-state index < -0.39 is 0 Å². The summed E-state index contributed by atoms with van der Waals surface area (Å²) in [5, 5.41) is 0. The van der Waals surface area contributed by atoms with Crippen LogP contribution >= 0.6 is 0 Å². The number of ether oxygens (including phenoxy) is 1. The first kappa shape index (κ1) is 14.7. The molecule has 2 aliphatic carbocycles. The van der Waals surface area contributed by atoms with Gasteiger partial charge in [0.15, 0.2) is 0 Å². The fourth-order valence-corrected chi connectivity index (χ4v) is 4.17. The molecule has 2 heteroatoms. The Bertz CT molecular complexity index is 457. The molecule has 0 aromatic heterocycles. The number of rotatable bonds is 3. The van der Waals surface area contributed by atoms with Gasteiger partial charge in [-0.05, 0) is 56.1 Å². The van der Waals surface area contributed by atoms with E-state index >= 15 is 0 Å². The van der Waals surface area contributed by atoms with Gasteiger partial charge >= 0.3 is 0 Å². The molecule has 0 atom stereocenters. The lowest BCUT2D eigenvalue weighted by molar-refractivity contribution is 0.0991. The standard InChI is InChI=1S/C19H29NO/c1-14-7-10-18(13-19(14)20)21-17-11-8-16(9-12-17)15-5-3-2-4-6-15/h7,10,13,15-17H,2-6,8-9,11-12,20H2,1H3. The van der Waals surface area contributed by atoms with Gasteiger partial charge in [0.2, 0.25) is 0 Å². The Morgan fingerprint density at radius 1 is 0.905 bits per heavy atom. The first-order valence-electron chi connectivity index (χ1n) is 8.75. The number of hydrogen-bond donors (Lipinski definition) is 1. The second-order valence-electron chi connectivity index (χ2n) is 7.07. The number of nitrogen functional groups attached to an aromatic ring is 1. The van der Waals surface area contributed by atoms with E-state index in [0.717, 1.165) is 28.8 Å². The number of hydrogen-bond acceptors (Lipinski definition) is 2. The second kappa shape index (κ2) is 6.72. The Morgan fingerprint density at radius 3 is 2.24 bits per heavy atom. The van der Waals surface area contributed by atoms with Crippen LogP contribution in [0.1, 0.15) is 63.4 Å². The van der Waals surface area contributed by atoms with Gasteiger partial charge in [0.25, 0.3) is 0 Å². The van der Waals surface area contributed by atoms with Gasteiger partial charge in [-0.1, -0.05) is 38.2 Å². The smallest absolute Gasteiger partial charge is 0.121 e. The normalized spacial score (nSPS) is 27.5. The number of nitrogens with two attached hydrogens (primary N) is 1. The molecule has 0 spiro atoms. The van der Waals surface area contributed by atoms with Crippen molar-refractivity contribution in [2.75, 3.05) is 5.73 Å². The monoisotopic (exact) mass is 287 g/mol. The summed E-state index contributed by atoms with van der Waals surface area (Å²) in [6.07, 6.45) is 12.9. The lowest BCUT2D eigenvalue weighted by Crippen LogP contribution is -2.28. The predicted octanol–water partition coefficient (Wildman–Crippen LogP) is 5.10. The zero-order chi connectivity index (χ0) is 14.7. The van der Waals surface area contributed by atoms with Crippen molar-refractivity contribution in [2.24, 2.45) is 11.8 Å². The molecule has 0 radical (unpaired) electrons. The van der Waals surface area contributed by atoms with E-state index in [4.69, 9.17) is 10.5 Å². The molecule has 0 saturated heterocycles. The van der Waals surface area contributed by atoms with Crippen molar-refractivity contribution >= 4 is 5.69 Å². The van der Waals surface area contributed by atoms with Gasteiger partial charge in [-0.2, -0.15) is 0 Å². The summed E-state index contributed by atoms with van der Waals surface area (Å²) < 4.78 is 6.15. The van der Waals surface area contributed by atoms with Gasteiger partial charge in [0, 0.05) is 11.8 Å². The highest BCUT2D eigenvalue weighted by Crippen LogP contribution is 2.39. The minimum atomic E-state index is 0.395. The van der Waals surface area contributed by atoms with E-state index in [-0.39, 0.29) is 0 Å². The molecular formula is C19H29NO. The maximum Gasteiger partial charge on any atom is 0.121 e. The van der Waals surface area contributed by atoms with E-state index in [1.807, 2.05) is 13.0 Å². The summed E-state index contributed by atoms with van der Waals surface area (Å²) in [5.74, 6) is 2.92. The average Bonchev–Trinajstić information content (AvgIpc) is 2.53. The summed E-state index contributed by atoms with van der Waals surface area (Å²) in [6.45, 7) is 2.04. The molecule has 2 N–H and O–H groups in total. The van der Waals surface area contributed by atoms with Crippen LogP contribution in [0.15, 0.2) is 18.2 Å². The number of benzene rings is 1. The van der Waals surface area contributed by atoms with E-state index in [1.54, 1.807) is 0 Å². The largest absolute Gasteiger partial charge is 0.490 e. The topological polar surface area (TPSA) is 35.2 Å². The molecule has 2 nitrogen and oxygen atoms in total. The van der Waals surface area contributed by atoms with Gasteiger partial charge in [-0.3, -0.25) is 0 Å².